The molecule has 1 N–H and O–H groups in total. The van der Waals surface area contributed by atoms with Crippen LogP contribution >= 0.6 is 0 Å². The molecule has 0 spiro atoms. The molecule has 0 saturated carbocycles. The first-order valence-corrected chi connectivity index (χ1v) is 7.59. The average Bonchev–Trinajstić information content (AvgIpc) is 2.65. The minimum atomic E-state index is -0.321. The van der Waals surface area contributed by atoms with E-state index in [9.17, 15) is 4.79 Å². The van der Waals surface area contributed by atoms with Gasteiger partial charge in [-0.3, -0.25) is 9.78 Å². The second-order valence-electron chi connectivity index (χ2n) is 5.21. The van der Waals surface area contributed by atoms with Crippen molar-refractivity contribution >= 4 is 22.4 Å². The van der Waals surface area contributed by atoms with Crippen LogP contribution in [0.5, 0.6) is 5.75 Å². The predicted octanol–water partition coefficient (Wildman–Crippen LogP) is 3.15. The molecule has 0 saturated heterocycles. The summed E-state index contributed by atoms with van der Waals surface area (Å²) in [5.74, 6) is 0.354. The highest BCUT2D eigenvalue weighted by Gasteiger charge is 2.06. The molecule has 3 aromatic rings. The van der Waals surface area contributed by atoms with Gasteiger partial charge in [-0.15, -0.1) is 0 Å². The first kappa shape index (κ1) is 15.7. The van der Waals surface area contributed by atoms with Crippen LogP contribution in [-0.4, -0.2) is 23.2 Å². The molecular weight excluding hydrogens is 302 g/mol. The van der Waals surface area contributed by atoms with Crippen molar-refractivity contribution < 1.29 is 9.53 Å². The number of benzene rings is 2. The summed E-state index contributed by atoms with van der Waals surface area (Å²) < 4.78 is 5.62. The number of hydrogen-bond acceptors (Lipinski definition) is 4. The molecule has 1 amide bonds. The lowest BCUT2D eigenvalue weighted by Crippen LogP contribution is -2.25. The second kappa shape index (κ2) is 7.37. The molecule has 1 heterocycles. The quantitative estimate of drug-likeness (QED) is 0.580. The van der Waals surface area contributed by atoms with Crippen LogP contribution in [0.2, 0.25) is 0 Å². The Morgan fingerprint density at radius 3 is 2.71 bits per heavy atom. The molecule has 2 aromatic carbocycles. The number of nitrogens with zero attached hydrogens (tertiary/aromatic N) is 2. The van der Waals surface area contributed by atoms with E-state index in [1.165, 1.54) is 0 Å². The molecule has 0 fully saturated rings. The van der Waals surface area contributed by atoms with E-state index in [-0.39, 0.29) is 12.5 Å². The Labute approximate surface area is 140 Å². The van der Waals surface area contributed by atoms with E-state index < -0.39 is 0 Å². The van der Waals surface area contributed by atoms with Crippen LogP contribution in [-0.2, 0) is 4.79 Å². The van der Waals surface area contributed by atoms with Crippen LogP contribution in [0.25, 0.3) is 10.8 Å². The first-order valence-electron chi connectivity index (χ1n) is 7.59. The van der Waals surface area contributed by atoms with Crippen molar-refractivity contribution in [3.05, 3.63) is 72.6 Å². The lowest BCUT2D eigenvalue weighted by atomic mass is 10.1. The van der Waals surface area contributed by atoms with Gasteiger partial charge in [-0.05, 0) is 30.5 Å². The Kier molecular flexibility index (Phi) is 4.81. The summed E-state index contributed by atoms with van der Waals surface area (Å²) in [7, 11) is 0. The molecule has 5 nitrogen and oxygen atoms in total. The van der Waals surface area contributed by atoms with E-state index in [2.05, 4.69) is 15.5 Å². The summed E-state index contributed by atoms with van der Waals surface area (Å²) in [5, 5.41) is 6.09. The van der Waals surface area contributed by atoms with Gasteiger partial charge in [0.25, 0.3) is 5.91 Å². The molecule has 0 aliphatic carbocycles. The number of amides is 1. The summed E-state index contributed by atoms with van der Waals surface area (Å²) in [4.78, 5) is 16.1. The van der Waals surface area contributed by atoms with Crippen LogP contribution in [0.15, 0.2) is 72.0 Å². The molecular formula is C19H17N3O2. The van der Waals surface area contributed by atoms with Gasteiger partial charge in [0.15, 0.2) is 6.61 Å². The Morgan fingerprint density at radius 1 is 1.08 bits per heavy atom. The number of hydrogen-bond donors (Lipinski definition) is 1. The number of aromatic nitrogens is 1. The average molecular weight is 319 g/mol. The third kappa shape index (κ3) is 3.76. The minimum Gasteiger partial charge on any atom is -0.483 e. The zero-order valence-electron chi connectivity index (χ0n) is 13.3. The topological polar surface area (TPSA) is 63.6 Å². The van der Waals surface area contributed by atoms with E-state index in [4.69, 9.17) is 4.74 Å². The summed E-state index contributed by atoms with van der Waals surface area (Å²) in [5.41, 5.74) is 3.83. The van der Waals surface area contributed by atoms with Gasteiger partial charge < -0.3 is 4.74 Å². The Morgan fingerprint density at radius 2 is 1.88 bits per heavy atom. The highest BCUT2D eigenvalue weighted by molar-refractivity contribution is 5.97. The van der Waals surface area contributed by atoms with Gasteiger partial charge in [-0.25, -0.2) is 5.43 Å². The van der Waals surface area contributed by atoms with Crippen LogP contribution in [0, 0.1) is 0 Å². The fraction of sp³-hybridized carbons (Fsp3) is 0.105. The predicted molar refractivity (Wildman–Crippen MR) is 94.0 cm³/mol. The molecule has 0 unspecified atom stereocenters. The van der Waals surface area contributed by atoms with Crippen molar-refractivity contribution in [2.75, 3.05) is 6.61 Å². The highest BCUT2D eigenvalue weighted by Crippen LogP contribution is 2.24. The normalized spacial score (nSPS) is 11.3. The lowest BCUT2D eigenvalue weighted by Gasteiger charge is -2.08. The SMILES string of the molecule is C/C(=N/NC(=O)COc1cccc2ccccc12)c1ccccn1. The van der Waals surface area contributed by atoms with E-state index in [1.54, 1.807) is 13.1 Å². The third-order valence-corrected chi connectivity index (χ3v) is 3.49. The van der Waals surface area contributed by atoms with Gasteiger partial charge in [0.2, 0.25) is 0 Å². The fourth-order valence-corrected chi connectivity index (χ4v) is 2.28. The number of fused-ring (bicyclic) bond motifs is 1. The van der Waals surface area contributed by atoms with Crippen LogP contribution < -0.4 is 10.2 Å². The summed E-state index contributed by atoms with van der Waals surface area (Å²) in [6, 6.07) is 19.1. The van der Waals surface area contributed by atoms with Gasteiger partial charge in [0.1, 0.15) is 5.75 Å². The smallest absolute Gasteiger partial charge is 0.277 e. The standard InChI is InChI=1S/C19H17N3O2/c1-14(17-10-4-5-12-20-17)21-22-19(23)13-24-18-11-6-8-15-7-2-3-9-16(15)18/h2-12H,13H2,1H3,(H,22,23)/b21-14-. The van der Waals surface area contributed by atoms with Gasteiger partial charge in [0, 0.05) is 11.6 Å². The van der Waals surface area contributed by atoms with Crippen LogP contribution in [0.1, 0.15) is 12.6 Å². The number of rotatable bonds is 5. The number of pyridine rings is 1. The van der Waals surface area contributed by atoms with Crippen LogP contribution in [0.3, 0.4) is 0 Å². The summed E-state index contributed by atoms with van der Waals surface area (Å²) >= 11 is 0. The molecule has 0 atom stereocenters. The molecule has 0 aliphatic heterocycles. The Bertz CT molecular complexity index is 871. The number of hydrazone groups is 1. The maximum atomic E-state index is 11.9. The monoisotopic (exact) mass is 319 g/mol. The number of nitrogens with one attached hydrogen (secondary N) is 1. The Hall–Kier alpha value is -3.21. The summed E-state index contributed by atoms with van der Waals surface area (Å²) in [6.45, 7) is 1.68. The molecule has 120 valence electrons. The number of carbonyl (C=O) groups is 1. The van der Waals surface area contributed by atoms with E-state index in [0.29, 0.717) is 17.2 Å². The van der Waals surface area contributed by atoms with Gasteiger partial charge in [-0.1, -0.05) is 42.5 Å². The van der Waals surface area contributed by atoms with Gasteiger partial charge >= 0.3 is 0 Å². The zero-order valence-corrected chi connectivity index (χ0v) is 13.3. The van der Waals surface area contributed by atoms with Crippen LogP contribution in [0.4, 0.5) is 0 Å². The second-order valence-corrected chi connectivity index (χ2v) is 5.21. The van der Waals surface area contributed by atoms with Crippen molar-refractivity contribution in [2.45, 2.75) is 6.92 Å². The van der Waals surface area contributed by atoms with Gasteiger partial charge in [-0.2, -0.15) is 5.10 Å². The Balaban J connectivity index is 1.61. The minimum absolute atomic E-state index is 0.104. The summed E-state index contributed by atoms with van der Waals surface area (Å²) in [6.07, 6.45) is 1.68. The number of carbonyl (C=O) groups excluding carboxylic acids is 1. The van der Waals surface area contributed by atoms with Crippen molar-refractivity contribution in [3.63, 3.8) is 0 Å². The molecule has 0 bridgehead atoms. The van der Waals surface area contributed by atoms with Crippen molar-refractivity contribution in [3.8, 4) is 5.75 Å². The third-order valence-electron chi connectivity index (χ3n) is 3.49. The largest absolute Gasteiger partial charge is 0.483 e. The highest BCUT2D eigenvalue weighted by atomic mass is 16.5. The van der Waals surface area contributed by atoms with E-state index in [0.717, 1.165) is 10.8 Å². The molecule has 0 radical (unpaired) electrons. The van der Waals surface area contributed by atoms with Gasteiger partial charge in [0.05, 0.1) is 11.4 Å². The van der Waals surface area contributed by atoms with E-state index >= 15 is 0 Å². The molecule has 24 heavy (non-hydrogen) atoms. The zero-order chi connectivity index (χ0) is 16.8. The molecule has 0 aliphatic rings. The van der Waals surface area contributed by atoms with Crippen molar-refractivity contribution in [1.29, 1.82) is 0 Å². The first-order chi connectivity index (χ1) is 11.7. The van der Waals surface area contributed by atoms with E-state index in [1.807, 2.05) is 60.7 Å². The fourth-order valence-electron chi connectivity index (χ4n) is 2.28. The molecule has 1 aromatic heterocycles. The van der Waals surface area contributed by atoms with Crippen molar-refractivity contribution in [2.24, 2.45) is 5.10 Å². The molecule has 5 heteroatoms. The number of ether oxygens (including phenoxy) is 1. The maximum absolute atomic E-state index is 11.9. The van der Waals surface area contributed by atoms with Crippen molar-refractivity contribution in [1.82, 2.24) is 10.4 Å². The molecule has 3 rings (SSSR count). The maximum Gasteiger partial charge on any atom is 0.277 e. The lowest BCUT2D eigenvalue weighted by molar-refractivity contribution is -0.123.